The fraction of sp³-hybridized carbons (Fsp3) is 1.00. The summed E-state index contributed by atoms with van der Waals surface area (Å²) in [6.45, 7) is 0. The third-order valence-corrected chi connectivity index (χ3v) is 8.71. The summed E-state index contributed by atoms with van der Waals surface area (Å²) >= 11 is 3.93. The molecule has 0 aromatic heterocycles. The fourth-order valence-electron chi connectivity index (χ4n) is 1.62. The lowest BCUT2D eigenvalue weighted by Gasteiger charge is -2.11. The van der Waals surface area contributed by atoms with Crippen LogP contribution in [0.2, 0.25) is 0 Å². The smallest absolute Gasteiger partial charge is 0.0646 e. The van der Waals surface area contributed by atoms with Gasteiger partial charge in [-0.25, -0.2) is 0 Å². The van der Waals surface area contributed by atoms with Gasteiger partial charge in [0.15, 0.2) is 0 Å². The molecule has 0 aliphatic heterocycles. The van der Waals surface area contributed by atoms with Gasteiger partial charge in [0, 0.05) is 0 Å². The molecule has 0 saturated carbocycles. The lowest BCUT2D eigenvalue weighted by molar-refractivity contribution is 0.343. The maximum absolute atomic E-state index is 8.97. The summed E-state index contributed by atoms with van der Waals surface area (Å²) in [6, 6.07) is 0. The van der Waals surface area contributed by atoms with Crippen molar-refractivity contribution in [1.29, 1.82) is 0 Å². The zero-order valence-corrected chi connectivity index (χ0v) is 16.1. The zero-order chi connectivity index (χ0) is 15.8. The normalized spacial score (nSPS) is 11.7. The molecule has 0 amide bonds. The first kappa shape index (κ1) is 22.4. The van der Waals surface area contributed by atoms with Crippen LogP contribution in [0.25, 0.3) is 0 Å². The first-order valence-corrected chi connectivity index (χ1v) is 13.4. The molecule has 0 heterocycles. The van der Waals surface area contributed by atoms with E-state index in [0.29, 0.717) is 0 Å². The van der Waals surface area contributed by atoms with Gasteiger partial charge in [0.25, 0.3) is 0 Å². The number of hydrogen-bond donors (Lipinski definition) is 4. The Balaban J connectivity index is 3.15. The molecule has 0 fully saturated rings. The molecule has 0 rings (SSSR count). The highest BCUT2D eigenvalue weighted by Gasteiger charge is 2.04. The number of hydrogen-bond acceptors (Lipinski definition) is 6. The van der Waals surface area contributed by atoms with Crippen LogP contribution < -0.4 is 0 Å². The van der Waals surface area contributed by atoms with Gasteiger partial charge in [-0.3, -0.25) is 0 Å². The maximum atomic E-state index is 8.97. The Labute approximate surface area is 140 Å². The van der Waals surface area contributed by atoms with Crippen molar-refractivity contribution in [2.24, 2.45) is 0 Å². The number of aliphatic hydroxyl groups is 4. The summed E-state index contributed by atoms with van der Waals surface area (Å²) in [4.78, 5) is 0. The van der Waals surface area contributed by atoms with E-state index >= 15 is 0 Å². The molecule has 0 atom stereocenters. The molecule has 0 bridgehead atoms. The maximum Gasteiger partial charge on any atom is 0.0646 e. The Hall–Kier alpha value is 1.40. The van der Waals surface area contributed by atoms with E-state index in [1.165, 1.54) is 17.9 Å². The second-order valence-corrected chi connectivity index (χ2v) is 11.8. The van der Waals surface area contributed by atoms with E-state index in [9.17, 15) is 0 Å². The van der Waals surface area contributed by atoms with E-state index in [1.54, 1.807) is 0 Å². The van der Waals surface area contributed by atoms with Gasteiger partial charge in [-0.2, -0.15) is 23.5 Å². The Morgan fingerprint density at radius 2 is 0.857 bits per heavy atom. The molecule has 4 nitrogen and oxygen atoms in total. The highest BCUT2D eigenvalue weighted by atomic mass is 32.2. The third kappa shape index (κ3) is 14.7. The van der Waals surface area contributed by atoms with E-state index in [4.69, 9.17) is 20.4 Å². The third-order valence-electron chi connectivity index (χ3n) is 2.90. The van der Waals surface area contributed by atoms with Crippen LogP contribution in [0.15, 0.2) is 0 Å². The molecule has 0 saturated heterocycles. The van der Waals surface area contributed by atoms with Gasteiger partial charge in [0.05, 0.1) is 25.4 Å². The van der Waals surface area contributed by atoms with Gasteiger partial charge in [0.2, 0.25) is 0 Å². The molecule has 4 N–H and O–H groups in total. The molecule has 0 aliphatic carbocycles. The van der Waals surface area contributed by atoms with Crippen LogP contribution >= 0.6 is 39.4 Å². The van der Waals surface area contributed by atoms with Crippen molar-refractivity contribution in [3.63, 3.8) is 0 Å². The Bertz CT molecular complexity index is 189. The second kappa shape index (κ2) is 17.7. The van der Waals surface area contributed by atoms with Crippen molar-refractivity contribution >= 4 is 39.4 Å². The van der Waals surface area contributed by atoms with E-state index < -0.39 is 15.8 Å². The van der Waals surface area contributed by atoms with E-state index in [1.807, 2.05) is 23.5 Å². The minimum Gasteiger partial charge on any atom is -0.392 e. The van der Waals surface area contributed by atoms with Crippen molar-refractivity contribution in [1.82, 2.24) is 0 Å². The van der Waals surface area contributed by atoms with Crippen LogP contribution in [0.4, 0.5) is 0 Å². The largest absolute Gasteiger partial charge is 0.392 e. The molecule has 0 spiro atoms. The first-order chi connectivity index (χ1) is 10.3. The zero-order valence-electron chi connectivity index (χ0n) is 12.7. The van der Waals surface area contributed by atoms with E-state index in [2.05, 4.69) is 0 Å². The van der Waals surface area contributed by atoms with Crippen molar-refractivity contribution in [3.05, 3.63) is 0 Å². The van der Waals surface area contributed by atoms with E-state index in [-0.39, 0.29) is 25.4 Å². The summed E-state index contributed by atoms with van der Waals surface area (Å²) in [5.41, 5.74) is 0. The minimum absolute atomic E-state index is 0.155. The van der Waals surface area contributed by atoms with Crippen molar-refractivity contribution in [2.75, 3.05) is 60.7 Å². The fourth-order valence-corrected chi connectivity index (χ4v) is 5.99. The summed E-state index contributed by atoms with van der Waals surface area (Å²) in [5.74, 6) is 4.62. The van der Waals surface area contributed by atoms with Crippen molar-refractivity contribution < 1.29 is 20.4 Å². The van der Waals surface area contributed by atoms with Crippen molar-refractivity contribution in [2.45, 2.75) is 19.3 Å². The second-order valence-electron chi connectivity index (χ2n) is 4.64. The van der Waals surface area contributed by atoms with E-state index in [0.717, 1.165) is 36.7 Å². The summed E-state index contributed by atoms with van der Waals surface area (Å²) in [7, 11) is -1.08. The van der Waals surface area contributed by atoms with Crippen LogP contribution in [0.5, 0.6) is 0 Å². The van der Waals surface area contributed by atoms with Crippen LogP contribution in [0, 0.1) is 0 Å². The average Bonchev–Trinajstić information content (AvgIpc) is 2.52. The predicted octanol–water partition coefficient (Wildman–Crippen LogP) is 2.39. The molecule has 8 heteroatoms. The molecule has 0 aromatic carbocycles. The molecule has 0 aromatic rings. The van der Waals surface area contributed by atoms with Gasteiger partial charge < -0.3 is 20.4 Å². The van der Waals surface area contributed by atoms with Crippen LogP contribution in [0.1, 0.15) is 19.3 Å². The first-order valence-electron chi connectivity index (χ1n) is 7.32. The summed E-state index contributed by atoms with van der Waals surface area (Å²) in [6.07, 6.45) is 5.98. The highest BCUT2D eigenvalue weighted by molar-refractivity contribution is 8.00. The highest BCUT2D eigenvalue weighted by Crippen LogP contribution is 2.34. The van der Waals surface area contributed by atoms with Gasteiger partial charge in [-0.1, -0.05) is 15.8 Å². The van der Waals surface area contributed by atoms with Crippen LogP contribution in [-0.4, -0.2) is 81.2 Å². The lowest BCUT2D eigenvalue weighted by Crippen LogP contribution is -1.97. The average molecular weight is 376 g/mol. The molecular weight excluding hydrogens is 346 g/mol. The molecule has 128 valence electrons. The predicted molar refractivity (Wildman–Crippen MR) is 100 cm³/mol. The standard InChI is InChI=1S/C13H30O4P2S2/c14-10-18(11-15)4-1-6-20-8-3-9-21-7-2-5-19(12-16)13-17/h14-17H,1-13H2. The number of rotatable bonds is 16. The minimum atomic E-state index is -0.540. The SMILES string of the molecule is OCP(CO)CCCSCCCSCCCP(CO)CO. The quantitative estimate of drug-likeness (QED) is 0.245. The van der Waals surface area contributed by atoms with Crippen molar-refractivity contribution in [3.8, 4) is 0 Å². The molecule has 0 aliphatic rings. The van der Waals surface area contributed by atoms with Gasteiger partial charge in [-0.15, -0.1) is 0 Å². The summed E-state index contributed by atoms with van der Waals surface area (Å²) < 4.78 is 0. The molecule has 21 heavy (non-hydrogen) atoms. The van der Waals surface area contributed by atoms with Crippen LogP contribution in [0.3, 0.4) is 0 Å². The van der Waals surface area contributed by atoms with Crippen LogP contribution in [-0.2, 0) is 0 Å². The Morgan fingerprint density at radius 3 is 1.19 bits per heavy atom. The van der Waals surface area contributed by atoms with Gasteiger partial charge in [-0.05, 0) is 54.6 Å². The lowest BCUT2D eigenvalue weighted by atomic mass is 10.6. The van der Waals surface area contributed by atoms with Gasteiger partial charge in [0.1, 0.15) is 0 Å². The number of thioether (sulfide) groups is 2. The topological polar surface area (TPSA) is 80.9 Å². The monoisotopic (exact) mass is 376 g/mol. The molecule has 0 unspecified atom stereocenters. The summed E-state index contributed by atoms with van der Waals surface area (Å²) in [5, 5.41) is 35.9. The molecular formula is C13H30O4P2S2. The molecule has 0 radical (unpaired) electrons. The Morgan fingerprint density at radius 1 is 0.524 bits per heavy atom. The number of aliphatic hydroxyl groups excluding tert-OH is 4. The van der Waals surface area contributed by atoms with Gasteiger partial charge >= 0.3 is 0 Å². The Kier molecular flexibility index (Phi) is 18.9.